The molecule has 4 aliphatic carbocycles. The lowest BCUT2D eigenvalue weighted by atomic mass is 9.45. The molecule has 2 N–H and O–H groups in total. The molecule has 2 heterocycles. The molecule has 4 saturated carbocycles. The van der Waals surface area contributed by atoms with Gasteiger partial charge in [-0.3, -0.25) is 9.69 Å². The predicted molar refractivity (Wildman–Crippen MR) is 138 cm³/mol. The van der Waals surface area contributed by atoms with Crippen LogP contribution in [0.3, 0.4) is 0 Å². The Morgan fingerprint density at radius 3 is 2.74 bits per heavy atom. The Labute approximate surface area is 211 Å². The summed E-state index contributed by atoms with van der Waals surface area (Å²) in [5, 5.41) is 14.1. The molecule has 6 rings (SSSR count). The normalized spacial score (nSPS) is 43.8. The molecule has 0 radical (unpaired) electrons. The summed E-state index contributed by atoms with van der Waals surface area (Å²) < 4.78 is 6.88. The van der Waals surface area contributed by atoms with E-state index < -0.39 is 0 Å². The van der Waals surface area contributed by atoms with Gasteiger partial charge in [-0.25, -0.2) is 0 Å². The number of likely N-dealkylation sites (tertiary alicyclic amines) is 1. The molecular weight excluding hydrogens is 436 g/mol. The average Bonchev–Trinajstić information content (AvgIpc) is 3.56. The molecule has 0 aromatic carbocycles. The molecule has 6 unspecified atom stereocenters. The lowest BCUT2D eigenvalue weighted by molar-refractivity contribution is -0.256. The van der Waals surface area contributed by atoms with Crippen molar-refractivity contribution in [1.29, 1.82) is 0 Å². The van der Waals surface area contributed by atoms with Crippen LogP contribution in [0.4, 0.5) is 0 Å². The molecule has 2 aliphatic heterocycles. The lowest BCUT2D eigenvalue weighted by Gasteiger charge is -2.67. The van der Waals surface area contributed by atoms with E-state index in [9.17, 15) is 9.90 Å². The highest BCUT2D eigenvalue weighted by Crippen LogP contribution is 2.74. The monoisotopic (exact) mass is 482 g/mol. The third-order valence-corrected chi connectivity index (χ3v) is 11.1. The first-order valence-corrected chi connectivity index (χ1v) is 14.8. The first-order valence-electron chi connectivity index (χ1n) is 14.8. The first-order chi connectivity index (χ1) is 17.0. The van der Waals surface area contributed by atoms with Crippen LogP contribution in [0, 0.1) is 35.0 Å². The number of carbonyl (C=O) groups is 1. The van der Waals surface area contributed by atoms with Gasteiger partial charge in [0.05, 0.1) is 0 Å². The number of aliphatic hydroxyl groups is 1. The van der Waals surface area contributed by atoms with Crippen molar-refractivity contribution < 1.29 is 14.6 Å². The van der Waals surface area contributed by atoms with Crippen LogP contribution < -0.4 is 5.32 Å². The van der Waals surface area contributed by atoms with Crippen molar-refractivity contribution in [2.24, 2.45) is 35.0 Å². The van der Waals surface area contributed by atoms with Crippen molar-refractivity contribution in [2.75, 3.05) is 13.1 Å². The standard InChI is InChI=1S/C30H46N2O3/c1-3-25(31-28(34)21-9-5-4-6-10-21)24-15-16-29(2)27-26-22(18-32(27)17-20-13-14-20)11-7-8-12-23(33)19-35-30(24,26)29/h8,12,19-22,24-27,33H,3-7,9-11,13-18H2,1-2H3,(H,31,34)/b12-8?,23-19+/t22?,24?,25?,26?,27?,29?,30-/m0/s1. The molecule has 194 valence electrons. The Hall–Kier alpha value is -1.49. The van der Waals surface area contributed by atoms with Crippen molar-refractivity contribution in [2.45, 2.75) is 109 Å². The van der Waals surface area contributed by atoms with Crippen molar-refractivity contribution in [3.8, 4) is 0 Å². The SMILES string of the molecule is CCC(NC(=O)C1CCCCC1)C1CCC2(C)C3C4C(CCC=C/C(O)=C\O[C@@]142)CN3CC1CC1. The van der Waals surface area contributed by atoms with Gasteiger partial charge in [0.25, 0.3) is 0 Å². The lowest BCUT2D eigenvalue weighted by Crippen LogP contribution is -2.76. The van der Waals surface area contributed by atoms with Crippen LogP contribution >= 0.6 is 0 Å². The van der Waals surface area contributed by atoms with Gasteiger partial charge >= 0.3 is 0 Å². The Morgan fingerprint density at radius 1 is 1.20 bits per heavy atom. The van der Waals surface area contributed by atoms with Crippen LogP contribution in [-0.2, 0) is 9.53 Å². The molecule has 7 atom stereocenters. The predicted octanol–water partition coefficient (Wildman–Crippen LogP) is 5.72. The molecule has 1 spiro atoms. The number of nitrogens with zero attached hydrogens (tertiary/aromatic N) is 1. The summed E-state index contributed by atoms with van der Waals surface area (Å²) in [6.45, 7) is 7.14. The summed E-state index contributed by atoms with van der Waals surface area (Å²) in [5.41, 5.74) is -0.241. The number of allylic oxidation sites excluding steroid dienone is 2. The highest BCUT2D eigenvalue weighted by Gasteiger charge is 2.81. The molecule has 0 bridgehead atoms. The van der Waals surface area contributed by atoms with E-state index in [4.69, 9.17) is 4.74 Å². The molecule has 0 aromatic rings. The smallest absolute Gasteiger partial charge is 0.223 e. The van der Waals surface area contributed by atoms with E-state index in [2.05, 4.69) is 30.1 Å². The van der Waals surface area contributed by atoms with Crippen molar-refractivity contribution in [3.63, 3.8) is 0 Å². The first kappa shape index (κ1) is 23.9. The molecule has 0 aromatic heterocycles. The van der Waals surface area contributed by atoms with Crippen molar-refractivity contribution in [3.05, 3.63) is 24.2 Å². The molecule has 6 aliphatic rings. The van der Waals surface area contributed by atoms with Gasteiger partial charge < -0.3 is 15.2 Å². The third kappa shape index (κ3) is 3.78. The van der Waals surface area contributed by atoms with Crippen LogP contribution in [0.1, 0.15) is 90.9 Å². The van der Waals surface area contributed by atoms with E-state index in [1.54, 1.807) is 6.26 Å². The highest BCUT2D eigenvalue weighted by molar-refractivity contribution is 5.79. The van der Waals surface area contributed by atoms with Gasteiger partial charge in [-0.1, -0.05) is 39.2 Å². The number of hydrogen-bond donors (Lipinski definition) is 2. The number of nitrogens with one attached hydrogen (secondary N) is 1. The van der Waals surface area contributed by atoms with Crippen LogP contribution in [0.15, 0.2) is 24.2 Å². The van der Waals surface area contributed by atoms with Gasteiger partial charge in [-0.05, 0) is 75.7 Å². The number of fused-ring (bicyclic) bond motifs is 1. The van der Waals surface area contributed by atoms with E-state index in [0.29, 0.717) is 23.8 Å². The summed E-state index contributed by atoms with van der Waals surface area (Å²) in [7, 11) is 0. The second-order valence-electron chi connectivity index (χ2n) is 13.0. The van der Waals surface area contributed by atoms with Gasteiger partial charge in [0.1, 0.15) is 17.6 Å². The molecule has 5 nitrogen and oxygen atoms in total. The molecule has 35 heavy (non-hydrogen) atoms. The minimum atomic E-state index is -0.305. The number of rotatable bonds is 6. The van der Waals surface area contributed by atoms with Gasteiger partial charge in [0, 0.05) is 48.3 Å². The quantitative estimate of drug-likeness (QED) is 0.508. The summed E-state index contributed by atoms with van der Waals surface area (Å²) >= 11 is 0. The summed E-state index contributed by atoms with van der Waals surface area (Å²) in [4.78, 5) is 16.2. The average molecular weight is 483 g/mol. The number of aliphatic hydroxyl groups excluding tert-OH is 1. The van der Waals surface area contributed by atoms with Crippen molar-refractivity contribution in [1.82, 2.24) is 10.2 Å². The number of amides is 1. The maximum absolute atomic E-state index is 13.3. The van der Waals surface area contributed by atoms with Crippen molar-refractivity contribution >= 4 is 5.91 Å². The number of carbonyl (C=O) groups excluding carboxylic acids is 1. The Kier molecular flexibility index (Phi) is 6.22. The van der Waals surface area contributed by atoms with E-state index in [1.165, 1.54) is 45.2 Å². The second-order valence-corrected chi connectivity index (χ2v) is 13.0. The Balaban J connectivity index is 1.32. The van der Waals surface area contributed by atoms with Gasteiger partial charge in [0.15, 0.2) is 0 Å². The third-order valence-electron chi connectivity index (χ3n) is 11.1. The molecule has 1 amide bonds. The zero-order chi connectivity index (χ0) is 24.2. The van der Waals surface area contributed by atoms with Crippen LogP contribution in [0.2, 0.25) is 0 Å². The Bertz CT molecular complexity index is 875. The van der Waals surface area contributed by atoms with Gasteiger partial charge in [0.2, 0.25) is 5.91 Å². The zero-order valence-corrected chi connectivity index (χ0v) is 21.9. The van der Waals surface area contributed by atoms with E-state index in [1.807, 2.05) is 6.08 Å². The van der Waals surface area contributed by atoms with E-state index >= 15 is 0 Å². The van der Waals surface area contributed by atoms with Gasteiger partial charge in [-0.2, -0.15) is 0 Å². The number of ether oxygens (including phenoxy) is 1. The zero-order valence-electron chi connectivity index (χ0n) is 21.9. The van der Waals surface area contributed by atoms with E-state index in [-0.39, 0.29) is 34.6 Å². The minimum absolute atomic E-state index is 0.0641. The second kappa shape index (κ2) is 9.11. The fraction of sp³-hybridized carbons (Fsp3) is 0.833. The topological polar surface area (TPSA) is 61.8 Å². The molecule has 1 saturated heterocycles. The Morgan fingerprint density at radius 2 is 2.00 bits per heavy atom. The summed E-state index contributed by atoms with van der Waals surface area (Å²) in [6, 6.07) is 0.711. The largest absolute Gasteiger partial charge is 0.505 e. The highest BCUT2D eigenvalue weighted by atomic mass is 16.5. The maximum atomic E-state index is 13.3. The van der Waals surface area contributed by atoms with Crippen LogP contribution in [0.5, 0.6) is 0 Å². The van der Waals surface area contributed by atoms with Crippen LogP contribution in [-0.4, -0.2) is 46.7 Å². The van der Waals surface area contributed by atoms with Crippen LogP contribution in [0.25, 0.3) is 0 Å². The summed E-state index contributed by atoms with van der Waals surface area (Å²) in [6.07, 6.45) is 19.4. The molecular formula is C30H46N2O3. The maximum Gasteiger partial charge on any atom is 0.223 e. The molecule has 5 fully saturated rings. The number of hydrogen-bond acceptors (Lipinski definition) is 4. The fourth-order valence-corrected chi connectivity index (χ4v) is 9.35. The minimum Gasteiger partial charge on any atom is -0.505 e. The fourth-order valence-electron chi connectivity index (χ4n) is 9.35. The van der Waals surface area contributed by atoms with Gasteiger partial charge in [-0.15, -0.1) is 0 Å². The molecule has 5 heteroatoms. The summed E-state index contributed by atoms with van der Waals surface area (Å²) in [5.74, 6) is 2.97. The van der Waals surface area contributed by atoms with E-state index in [0.717, 1.165) is 50.9 Å².